The van der Waals surface area contributed by atoms with Crippen LogP contribution >= 0.6 is 0 Å². The predicted molar refractivity (Wildman–Crippen MR) is 81.9 cm³/mol. The molecule has 0 aromatic carbocycles. The second-order valence-electron chi connectivity index (χ2n) is 4.66. The van der Waals surface area contributed by atoms with Crippen molar-refractivity contribution < 1.29 is 4.74 Å². The number of fused-ring (bicyclic) bond motifs is 1. The largest absolute Gasteiger partial charge is 0.478 e. The molecule has 2 aromatic rings. The van der Waals surface area contributed by atoms with Crippen LogP contribution in [-0.4, -0.2) is 41.1 Å². The molecule has 108 valence electrons. The van der Waals surface area contributed by atoms with E-state index >= 15 is 0 Å². The molecule has 20 heavy (non-hydrogen) atoms. The predicted octanol–water partition coefficient (Wildman–Crippen LogP) is 2.32. The number of nitrogens with zero attached hydrogens (tertiary/aromatic N) is 3. The van der Waals surface area contributed by atoms with Gasteiger partial charge in [-0.3, -0.25) is 0 Å². The summed E-state index contributed by atoms with van der Waals surface area (Å²) in [7, 11) is 0. The summed E-state index contributed by atoms with van der Waals surface area (Å²) >= 11 is 0. The fourth-order valence-electron chi connectivity index (χ4n) is 2.08. The Morgan fingerprint density at radius 3 is 2.60 bits per heavy atom. The van der Waals surface area contributed by atoms with Gasteiger partial charge in [-0.05, 0) is 37.7 Å². The van der Waals surface area contributed by atoms with Gasteiger partial charge in [-0.2, -0.15) is 4.98 Å². The molecule has 0 spiro atoms. The number of anilines is 1. The van der Waals surface area contributed by atoms with E-state index in [4.69, 9.17) is 10.5 Å². The van der Waals surface area contributed by atoms with Crippen LogP contribution in [0.15, 0.2) is 24.3 Å². The maximum Gasteiger partial charge on any atom is 0.215 e. The van der Waals surface area contributed by atoms with Gasteiger partial charge in [-0.15, -0.1) is 0 Å². The maximum absolute atomic E-state index is 5.67. The lowest BCUT2D eigenvalue weighted by Crippen LogP contribution is -2.25. The summed E-state index contributed by atoms with van der Waals surface area (Å²) in [5.41, 5.74) is 6.29. The molecule has 0 aliphatic rings. The van der Waals surface area contributed by atoms with E-state index in [-0.39, 0.29) is 0 Å². The Kier molecular flexibility index (Phi) is 5.12. The normalized spacial score (nSPS) is 11.2. The summed E-state index contributed by atoms with van der Waals surface area (Å²) in [6.07, 6.45) is 0.992. The van der Waals surface area contributed by atoms with Crippen molar-refractivity contribution in [2.75, 3.05) is 32.0 Å². The molecule has 0 bridgehead atoms. The van der Waals surface area contributed by atoms with E-state index in [1.807, 2.05) is 18.2 Å². The molecule has 0 saturated carbocycles. The van der Waals surface area contributed by atoms with E-state index in [9.17, 15) is 0 Å². The minimum atomic E-state index is 0.476. The first-order chi connectivity index (χ1) is 9.72. The third-order valence-corrected chi connectivity index (χ3v) is 3.31. The van der Waals surface area contributed by atoms with E-state index in [1.54, 1.807) is 6.07 Å². The van der Waals surface area contributed by atoms with Crippen LogP contribution in [0.2, 0.25) is 0 Å². The summed E-state index contributed by atoms with van der Waals surface area (Å²) in [6, 6.07) is 7.51. The summed E-state index contributed by atoms with van der Waals surface area (Å²) in [5, 5.41) is 0.967. The van der Waals surface area contributed by atoms with Crippen molar-refractivity contribution in [2.45, 2.75) is 20.3 Å². The highest BCUT2D eigenvalue weighted by Gasteiger charge is 2.02. The van der Waals surface area contributed by atoms with E-state index in [0.717, 1.165) is 31.4 Å². The summed E-state index contributed by atoms with van der Waals surface area (Å²) in [6.45, 7) is 8.21. The summed E-state index contributed by atoms with van der Waals surface area (Å²) in [4.78, 5) is 10.9. The number of nitrogen functional groups attached to an aromatic ring is 1. The number of aromatic nitrogens is 2. The zero-order chi connectivity index (χ0) is 14.4. The van der Waals surface area contributed by atoms with Crippen molar-refractivity contribution in [3.63, 3.8) is 0 Å². The van der Waals surface area contributed by atoms with Crippen molar-refractivity contribution in [2.24, 2.45) is 0 Å². The molecule has 0 atom stereocenters. The fourth-order valence-corrected chi connectivity index (χ4v) is 2.08. The van der Waals surface area contributed by atoms with Gasteiger partial charge in [0.2, 0.25) is 5.88 Å². The number of hydrogen-bond donors (Lipinski definition) is 1. The second-order valence-corrected chi connectivity index (χ2v) is 4.66. The first-order valence-electron chi connectivity index (χ1n) is 7.11. The van der Waals surface area contributed by atoms with Crippen molar-refractivity contribution in [1.29, 1.82) is 0 Å². The fraction of sp³-hybridized carbons (Fsp3) is 0.467. The lowest BCUT2D eigenvalue weighted by Gasteiger charge is -2.17. The number of nitrogens with two attached hydrogens (primary N) is 1. The lowest BCUT2D eigenvalue weighted by molar-refractivity contribution is 0.245. The Labute approximate surface area is 119 Å². The minimum absolute atomic E-state index is 0.476. The van der Waals surface area contributed by atoms with E-state index in [1.165, 1.54) is 0 Å². The van der Waals surface area contributed by atoms with Gasteiger partial charge in [0.05, 0.1) is 6.61 Å². The Bertz CT molecular complexity index is 555. The third kappa shape index (κ3) is 3.81. The Morgan fingerprint density at radius 1 is 1.10 bits per heavy atom. The lowest BCUT2D eigenvalue weighted by atomic mass is 10.3. The number of ether oxygens (including phenoxy) is 1. The molecular weight excluding hydrogens is 252 g/mol. The highest BCUT2D eigenvalue weighted by molar-refractivity contribution is 5.76. The van der Waals surface area contributed by atoms with Crippen LogP contribution in [0.5, 0.6) is 5.88 Å². The van der Waals surface area contributed by atoms with E-state index in [0.29, 0.717) is 24.0 Å². The van der Waals surface area contributed by atoms with Crippen LogP contribution in [0.3, 0.4) is 0 Å². The average Bonchev–Trinajstić information content (AvgIpc) is 2.47. The van der Waals surface area contributed by atoms with Gasteiger partial charge < -0.3 is 15.4 Å². The van der Waals surface area contributed by atoms with Crippen LogP contribution in [0.1, 0.15) is 20.3 Å². The molecule has 2 rings (SSSR count). The Hall–Kier alpha value is -1.88. The summed E-state index contributed by atoms with van der Waals surface area (Å²) < 4.78 is 5.67. The van der Waals surface area contributed by atoms with Gasteiger partial charge >= 0.3 is 0 Å². The van der Waals surface area contributed by atoms with Gasteiger partial charge in [0.15, 0.2) is 5.65 Å². The zero-order valence-corrected chi connectivity index (χ0v) is 12.2. The molecule has 0 unspecified atom stereocenters. The van der Waals surface area contributed by atoms with Crippen LogP contribution < -0.4 is 10.5 Å². The Morgan fingerprint density at radius 2 is 1.85 bits per heavy atom. The SMILES string of the molecule is CCN(CC)CCCOc1ccc2ccc(N)nc2n1. The Balaban J connectivity index is 1.90. The smallest absolute Gasteiger partial charge is 0.215 e. The van der Waals surface area contributed by atoms with Gasteiger partial charge in [-0.1, -0.05) is 13.8 Å². The molecule has 0 radical (unpaired) electrons. The first kappa shape index (κ1) is 14.5. The molecule has 2 heterocycles. The number of rotatable bonds is 7. The molecule has 2 N–H and O–H groups in total. The van der Waals surface area contributed by atoms with Crippen molar-refractivity contribution in [3.8, 4) is 5.88 Å². The standard InChI is InChI=1S/C15H22N4O/c1-3-19(4-2)10-5-11-20-14-9-7-12-6-8-13(16)17-15(12)18-14/h6-9H,3-5,10-11H2,1-2H3,(H2,16,17,18). The molecule has 5 nitrogen and oxygen atoms in total. The molecule has 0 aliphatic heterocycles. The van der Waals surface area contributed by atoms with Crippen molar-refractivity contribution in [1.82, 2.24) is 14.9 Å². The van der Waals surface area contributed by atoms with Crippen LogP contribution in [-0.2, 0) is 0 Å². The molecular formula is C15H22N4O. The second kappa shape index (κ2) is 7.05. The van der Waals surface area contributed by atoms with Crippen LogP contribution in [0, 0.1) is 0 Å². The highest BCUT2D eigenvalue weighted by Crippen LogP contribution is 2.16. The monoisotopic (exact) mass is 274 g/mol. The van der Waals surface area contributed by atoms with E-state index < -0.39 is 0 Å². The first-order valence-corrected chi connectivity index (χ1v) is 7.11. The zero-order valence-electron chi connectivity index (χ0n) is 12.2. The molecule has 0 fully saturated rings. The number of pyridine rings is 2. The minimum Gasteiger partial charge on any atom is -0.478 e. The molecule has 0 aliphatic carbocycles. The van der Waals surface area contributed by atoms with Crippen LogP contribution in [0.25, 0.3) is 11.0 Å². The average molecular weight is 274 g/mol. The van der Waals surface area contributed by atoms with E-state index in [2.05, 4.69) is 28.7 Å². The molecule has 5 heteroatoms. The maximum atomic E-state index is 5.67. The molecule has 2 aromatic heterocycles. The van der Waals surface area contributed by atoms with Gasteiger partial charge in [0.1, 0.15) is 5.82 Å². The molecule has 0 saturated heterocycles. The summed E-state index contributed by atoms with van der Waals surface area (Å²) in [5.74, 6) is 1.08. The number of hydrogen-bond acceptors (Lipinski definition) is 5. The van der Waals surface area contributed by atoms with Crippen LogP contribution in [0.4, 0.5) is 5.82 Å². The molecule has 0 amide bonds. The van der Waals surface area contributed by atoms with Crippen molar-refractivity contribution in [3.05, 3.63) is 24.3 Å². The quantitative estimate of drug-likeness (QED) is 0.785. The highest BCUT2D eigenvalue weighted by atomic mass is 16.5. The van der Waals surface area contributed by atoms with Gasteiger partial charge in [0, 0.05) is 18.0 Å². The van der Waals surface area contributed by atoms with Crippen molar-refractivity contribution >= 4 is 16.9 Å². The third-order valence-electron chi connectivity index (χ3n) is 3.31. The topological polar surface area (TPSA) is 64.3 Å². The van der Waals surface area contributed by atoms with Gasteiger partial charge in [-0.25, -0.2) is 4.98 Å². The van der Waals surface area contributed by atoms with Gasteiger partial charge in [0.25, 0.3) is 0 Å².